The summed E-state index contributed by atoms with van der Waals surface area (Å²) in [6.45, 7) is -0.180. The quantitative estimate of drug-likeness (QED) is 0.781. The summed E-state index contributed by atoms with van der Waals surface area (Å²) in [6.07, 6.45) is -5.64. The molecule has 0 atom stereocenters. The Morgan fingerprint density at radius 1 is 1.22 bits per heavy atom. The maximum atomic E-state index is 13.4. The monoisotopic (exact) mass is 357 g/mol. The minimum Gasteiger partial charge on any atom is -0.478 e. The van der Waals surface area contributed by atoms with E-state index in [-0.39, 0.29) is 31.6 Å². The second kappa shape index (κ2) is 6.14. The van der Waals surface area contributed by atoms with Crippen molar-refractivity contribution in [3.63, 3.8) is 0 Å². The molecule has 0 amide bonds. The number of aromatic carboxylic acids is 1. The molecule has 0 radical (unpaired) electrons. The molecule has 1 aromatic rings. The summed E-state index contributed by atoms with van der Waals surface area (Å²) in [5.41, 5.74) is -1.87. The second-order valence-corrected chi connectivity index (χ2v) is 5.76. The number of anilines is 1. The molecule has 1 N–H and O–H groups in total. The van der Waals surface area contributed by atoms with E-state index in [1.165, 1.54) is 4.90 Å². The fourth-order valence-electron chi connectivity index (χ4n) is 2.52. The van der Waals surface area contributed by atoms with E-state index in [0.717, 1.165) is 0 Å². The zero-order valence-corrected chi connectivity index (χ0v) is 12.5. The fraction of sp³-hybridized carbons (Fsp3) is 0.500. The van der Waals surface area contributed by atoms with Crippen LogP contribution >= 0.6 is 11.6 Å². The van der Waals surface area contributed by atoms with Gasteiger partial charge in [-0.2, -0.15) is 13.2 Å². The van der Waals surface area contributed by atoms with Crippen LogP contribution in [0.15, 0.2) is 12.1 Å². The predicted molar refractivity (Wildman–Crippen MR) is 74.4 cm³/mol. The number of halogens is 6. The van der Waals surface area contributed by atoms with Crippen LogP contribution in [0.5, 0.6) is 0 Å². The maximum absolute atomic E-state index is 13.4. The van der Waals surface area contributed by atoms with E-state index in [2.05, 4.69) is 0 Å². The van der Waals surface area contributed by atoms with Gasteiger partial charge < -0.3 is 10.0 Å². The molecule has 1 aliphatic rings. The smallest absolute Gasteiger partial charge is 0.417 e. The predicted octanol–water partition coefficient (Wildman–Crippen LogP) is 4.68. The van der Waals surface area contributed by atoms with Gasteiger partial charge >= 0.3 is 12.1 Å². The van der Waals surface area contributed by atoms with Crippen LogP contribution < -0.4 is 4.90 Å². The molecule has 1 aliphatic heterocycles. The molecule has 0 unspecified atom stereocenters. The highest BCUT2D eigenvalue weighted by Crippen LogP contribution is 2.40. The fourth-order valence-corrected chi connectivity index (χ4v) is 2.79. The van der Waals surface area contributed by atoms with Crippen molar-refractivity contribution in [2.24, 2.45) is 0 Å². The molecule has 2 rings (SSSR count). The van der Waals surface area contributed by atoms with E-state index < -0.39 is 40.6 Å². The molecule has 9 heteroatoms. The molecule has 1 saturated heterocycles. The Labute approximate surface area is 133 Å². The molecule has 0 aromatic heterocycles. The number of carbonyl (C=O) groups is 1. The summed E-state index contributed by atoms with van der Waals surface area (Å²) in [5, 5.41) is 8.44. The van der Waals surface area contributed by atoms with E-state index in [0.29, 0.717) is 12.1 Å². The molecular formula is C14H13ClF5NO2. The molecule has 0 bridgehead atoms. The van der Waals surface area contributed by atoms with E-state index >= 15 is 0 Å². The van der Waals surface area contributed by atoms with Crippen molar-refractivity contribution in [3.05, 3.63) is 28.3 Å². The zero-order valence-electron chi connectivity index (χ0n) is 11.8. The number of rotatable bonds is 2. The van der Waals surface area contributed by atoms with Gasteiger partial charge in [0, 0.05) is 25.9 Å². The molecule has 1 aromatic carbocycles. The van der Waals surface area contributed by atoms with Gasteiger partial charge in [0.2, 0.25) is 5.92 Å². The summed E-state index contributed by atoms with van der Waals surface area (Å²) in [6, 6.07) is 1.33. The van der Waals surface area contributed by atoms with Gasteiger partial charge in [0.1, 0.15) is 0 Å². The van der Waals surface area contributed by atoms with E-state index in [1.807, 2.05) is 0 Å². The first-order chi connectivity index (χ1) is 10.5. The lowest BCUT2D eigenvalue weighted by atomic mass is 10.1. The largest absolute Gasteiger partial charge is 0.478 e. The Hall–Kier alpha value is -1.57. The summed E-state index contributed by atoms with van der Waals surface area (Å²) in [5.74, 6) is -4.37. The Kier molecular flexibility index (Phi) is 4.75. The summed E-state index contributed by atoms with van der Waals surface area (Å²) < 4.78 is 65.7. The lowest BCUT2D eigenvalue weighted by Crippen LogP contribution is -2.28. The van der Waals surface area contributed by atoms with Crippen LogP contribution in [-0.2, 0) is 6.18 Å². The van der Waals surface area contributed by atoms with Gasteiger partial charge in [0.25, 0.3) is 0 Å². The number of nitrogens with zero attached hydrogens (tertiary/aromatic N) is 1. The molecular weight excluding hydrogens is 345 g/mol. The number of carboxylic acid groups (broad SMARTS) is 1. The van der Waals surface area contributed by atoms with Crippen LogP contribution in [-0.4, -0.2) is 30.1 Å². The first kappa shape index (κ1) is 17.8. The summed E-state index contributed by atoms with van der Waals surface area (Å²) >= 11 is 5.52. The standard InChI is InChI=1S/C14H13ClF5NO2/c15-10-6-8(12(22)23)11(7-9(10)14(18,19)20)21-4-1-2-13(16,17)3-5-21/h6-7H,1-5H2,(H,22,23). The summed E-state index contributed by atoms with van der Waals surface area (Å²) in [4.78, 5) is 12.5. The Morgan fingerprint density at radius 3 is 2.43 bits per heavy atom. The minimum atomic E-state index is -4.77. The third kappa shape index (κ3) is 4.04. The van der Waals surface area contributed by atoms with Gasteiger partial charge in [-0.25, -0.2) is 13.6 Å². The first-order valence-corrected chi connectivity index (χ1v) is 7.16. The number of hydrogen-bond acceptors (Lipinski definition) is 2. The average Bonchev–Trinajstić information content (AvgIpc) is 2.58. The van der Waals surface area contributed by atoms with Crippen LogP contribution in [0.4, 0.5) is 27.6 Å². The lowest BCUT2D eigenvalue weighted by Gasteiger charge is -2.26. The maximum Gasteiger partial charge on any atom is 0.417 e. The first-order valence-electron chi connectivity index (χ1n) is 6.78. The molecule has 1 heterocycles. The van der Waals surface area contributed by atoms with Crippen LogP contribution in [0.1, 0.15) is 35.2 Å². The van der Waals surface area contributed by atoms with Crippen molar-refractivity contribution >= 4 is 23.3 Å². The highest BCUT2D eigenvalue weighted by molar-refractivity contribution is 6.32. The Balaban J connectivity index is 2.49. The number of benzene rings is 1. The van der Waals surface area contributed by atoms with Gasteiger partial charge in [-0.05, 0) is 18.6 Å². The number of carboxylic acids is 1. The average molecular weight is 358 g/mol. The molecule has 0 spiro atoms. The lowest BCUT2D eigenvalue weighted by molar-refractivity contribution is -0.137. The summed E-state index contributed by atoms with van der Waals surface area (Å²) in [7, 11) is 0. The van der Waals surface area contributed by atoms with Gasteiger partial charge in [-0.15, -0.1) is 0 Å². The van der Waals surface area contributed by atoms with E-state index in [4.69, 9.17) is 11.6 Å². The van der Waals surface area contributed by atoms with E-state index in [9.17, 15) is 31.9 Å². The van der Waals surface area contributed by atoms with Crippen molar-refractivity contribution in [2.45, 2.75) is 31.4 Å². The van der Waals surface area contributed by atoms with Crippen LogP contribution in [0, 0.1) is 0 Å². The Bertz CT molecular complexity index is 618. The number of alkyl halides is 5. The van der Waals surface area contributed by atoms with Crippen molar-refractivity contribution in [1.29, 1.82) is 0 Å². The van der Waals surface area contributed by atoms with E-state index in [1.54, 1.807) is 0 Å². The topological polar surface area (TPSA) is 40.5 Å². The van der Waals surface area contributed by atoms with Crippen molar-refractivity contribution in [3.8, 4) is 0 Å². The molecule has 128 valence electrons. The van der Waals surface area contributed by atoms with Crippen molar-refractivity contribution in [2.75, 3.05) is 18.0 Å². The third-order valence-electron chi connectivity index (χ3n) is 3.68. The molecule has 0 aliphatic carbocycles. The van der Waals surface area contributed by atoms with Gasteiger partial charge in [0.15, 0.2) is 0 Å². The zero-order chi connectivity index (χ0) is 17.4. The van der Waals surface area contributed by atoms with Gasteiger partial charge in [0.05, 0.1) is 21.8 Å². The SMILES string of the molecule is O=C(O)c1cc(Cl)c(C(F)(F)F)cc1N1CCCC(F)(F)CC1. The van der Waals surface area contributed by atoms with Gasteiger partial charge in [-0.3, -0.25) is 0 Å². The van der Waals surface area contributed by atoms with Crippen molar-refractivity contribution in [1.82, 2.24) is 0 Å². The molecule has 23 heavy (non-hydrogen) atoms. The second-order valence-electron chi connectivity index (χ2n) is 5.35. The Morgan fingerprint density at radius 2 is 1.87 bits per heavy atom. The van der Waals surface area contributed by atoms with Gasteiger partial charge in [-0.1, -0.05) is 11.6 Å². The van der Waals surface area contributed by atoms with Crippen LogP contribution in [0.25, 0.3) is 0 Å². The number of hydrogen-bond donors (Lipinski definition) is 1. The van der Waals surface area contributed by atoms with Crippen molar-refractivity contribution < 1.29 is 31.9 Å². The normalized spacial score (nSPS) is 18.6. The molecule has 0 saturated carbocycles. The highest BCUT2D eigenvalue weighted by Gasteiger charge is 2.37. The highest BCUT2D eigenvalue weighted by atomic mass is 35.5. The third-order valence-corrected chi connectivity index (χ3v) is 3.99. The van der Waals surface area contributed by atoms with Crippen LogP contribution in [0.3, 0.4) is 0 Å². The molecule has 1 fully saturated rings. The van der Waals surface area contributed by atoms with Crippen LogP contribution in [0.2, 0.25) is 5.02 Å². The minimum absolute atomic E-state index is 0.0504. The molecule has 3 nitrogen and oxygen atoms in total.